The van der Waals surface area contributed by atoms with E-state index >= 15 is 0 Å². The van der Waals surface area contributed by atoms with Crippen molar-refractivity contribution in [2.75, 3.05) is 13.9 Å². The number of hydrogen-bond donors (Lipinski definition) is 0. The SMILES string of the molecule is COc1cc(/C=N\n2cnnc2SCc2ccc(Cl)cc2)cc2c1OCO2. The van der Waals surface area contributed by atoms with E-state index in [1.165, 1.54) is 11.8 Å². The smallest absolute Gasteiger partial charge is 0.231 e. The monoisotopic (exact) mass is 402 g/mol. The van der Waals surface area contributed by atoms with Crippen molar-refractivity contribution < 1.29 is 14.2 Å². The quantitative estimate of drug-likeness (QED) is 0.461. The molecule has 0 saturated heterocycles. The molecule has 138 valence electrons. The molecule has 2 aromatic carbocycles. The second kappa shape index (κ2) is 7.89. The molecule has 0 amide bonds. The third-order valence-electron chi connectivity index (χ3n) is 3.79. The first-order valence-corrected chi connectivity index (χ1v) is 9.38. The number of thioether (sulfide) groups is 1. The first-order valence-electron chi connectivity index (χ1n) is 8.02. The van der Waals surface area contributed by atoms with E-state index in [-0.39, 0.29) is 6.79 Å². The molecule has 0 bridgehead atoms. The zero-order chi connectivity index (χ0) is 18.6. The van der Waals surface area contributed by atoms with Gasteiger partial charge in [0, 0.05) is 16.3 Å². The summed E-state index contributed by atoms with van der Waals surface area (Å²) >= 11 is 7.45. The van der Waals surface area contributed by atoms with Crippen molar-refractivity contribution in [1.82, 2.24) is 14.9 Å². The van der Waals surface area contributed by atoms with Gasteiger partial charge in [0.2, 0.25) is 17.7 Å². The van der Waals surface area contributed by atoms with Crippen LogP contribution in [0.5, 0.6) is 17.2 Å². The molecule has 27 heavy (non-hydrogen) atoms. The zero-order valence-corrected chi connectivity index (χ0v) is 15.9. The van der Waals surface area contributed by atoms with Gasteiger partial charge in [-0.05, 0) is 29.8 Å². The van der Waals surface area contributed by atoms with Crippen molar-refractivity contribution in [3.8, 4) is 17.2 Å². The number of fused-ring (bicyclic) bond motifs is 1. The maximum absolute atomic E-state index is 5.91. The summed E-state index contributed by atoms with van der Waals surface area (Å²) in [6.07, 6.45) is 3.26. The number of halogens is 1. The maximum atomic E-state index is 5.91. The van der Waals surface area contributed by atoms with Crippen molar-refractivity contribution in [2.45, 2.75) is 10.9 Å². The molecule has 2 heterocycles. The number of hydrogen-bond acceptors (Lipinski definition) is 7. The van der Waals surface area contributed by atoms with Gasteiger partial charge in [0.1, 0.15) is 6.33 Å². The van der Waals surface area contributed by atoms with Crippen molar-refractivity contribution >= 4 is 29.6 Å². The summed E-state index contributed by atoms with van der Waals surface area (Å²) in [6, 6.07) is 11.4. The van der Waals surface area contributed by atoms with Crippen LogP contribution in [0.3, 0.4) is 0 Å². The lowest BCUT2D eigenvalue weighted by molar-refractivity contribution is 0.171. The van der Waals surface area contributed by atoms with Crippen molar-refractivity contribution in [3.05, 3.63) is 58.9 Å². The van der Waals surface area contributed by atoms with Gasteiger partial charge in [0.25, 0.3) is 0 Å². The van der Waals surface area contributed by atoms with Crippen LogP contribution in [0, 0.1) is 0 Å². The van der Waals surface area contributed by atoms with Gasteiger partial charge < -0.3 is 14.2 Å². The molecule has 4 rings (SSSR count). The third-order valence-corrected chi connectivity index (χ3v) is 5.05. The largest absolute Gasteiger partial charge is 0.493 e. The van der Waals surface area contributed by atoms with Gasteiger partial charge in [0.05, 0.1) is 13.3 Å². The molecule has 0 atom stereocenters. The molecule has 0 fully saturated rings. The van der Waals surface area contributed by atoms with Gasteiger partial charge in [0.15, 0.2) is 11.5 Å². The molecular formula is C18H15ClN4O3S. The standard InChI is InChI=1S/C18H15ClN4O3S/c1-24-15-6-13(7-16-17(15)26-11-25-16)8-21-23-10-20-22-18(23)27-9-12-2-4-14(19)5-3-12/h2-8,10H,9,11H2,1H3/b21-8-. The lowest BCUT2D eigenvalue weighted by atomic mass is 10.2. The van der Waals surface area contributed by atoms with Crippen molar-refractivity contribution in [3.63, 3.8) is 0 Å². The summed E-state index contributed by atoms with van der Waals surface area (Å²) in [4.78, 5) is 0. The Balaban J connectivity index is 1.49. The van der Waals surface area contributed by atoms with Gasteiger partial charge >= 0.3 is 0 Å². The molecule has 0 radical (unpaired) electrons. The van der Waals surface area contributed by atoms with Crippen LogP contribution in [0.15, 0.2) is 53.0 Å². The van der Waals surface area contributed by atoms with E-state index in [0.29, 0.717) is 22.4 Å². The zero-order valence-electron chi connectivity index (χ0n) is 14.3. The van der Waals surface area contributed by atoms with E-state index in [1.54, 1.807) is 24.3 Å². The minimum Gasteiger partial charge on any atom is -0.493 e. The van der Waals surface area contributed by atoms with Crippen LogP contribution in [-0.4, -0.2) is 35.0 Å². The Kier molecular flexibility index (Phi) is 5.17. The van der Waals surface area contributed by atoms with Gasteiger partial charge in [-0.1, -0.05) is 35.5 Å². The number of nitrogens with zero attached hydrogens (tertiary/aromatic N) is 4. The molecule has 1 aliphatic heterocycles. The van der Waals surface area contributed by atoms with Gasteiger partial charge in [-0.25, -0.2) is 0 Å². The van der Waals surface area contributed by atoms with Crippen molar-refractivity contribution in [2.24, 2.45) is 5.10 Å². The summed E-state index contributed by atoms with van der Waals surface area (Å²) < 4.78 is 17.8. The Morgan fingerprint density at radius 2 is 2.15 bits per heavy atom. The Hall–Kier alpha value is -2.71. The molecule has 3 aromatic rings. The predicted molar refractivity (Wildman–Crippen MR) is 103 cm³/mol. The molecule has 0 saturated carbocycles. The van der Waals surface area contributed by atoms with E-state index < -0.39 is 0 Å². The molecule has 7 nitrogen and oxygen atoms in total. The van der Waals surface area contributed by atoms with E-state index in [0.717, 1.165) is 21.9 Å². The number of benzene rings is 2. The lowest BCUT2D eigenvalue weighted by Gasteiger charge is -2.05. The lowest BCUT2D eigenvalue weighted by Crippen LogP contribution is -1.94. The topological polar surface area (TPSA) is 70.8 Å². The van der Waals surface area contributed by atoms with Crippen LogP contribution in [0.1, 0.15) is 11.1 Å². The van der Waals surface area contributed by atoms with E-state index in [2.05, 4.69) is 15.3 Å². The average Bonchev–Trinajstić information content (AvgIpc) is 3.34. The van der Waals surface area contributed by atoms with E-state index in [1.807, 2.05) is 36.4 Å². The Bertz CT molecular complexity index is 975. The third kappa shape index (κ3) is 4.01. The summed E-state index contributed by atoms with van der Waals surface area (Å²) in [7, 11) is 1.59. The number of ether oxygens (including phenoxy) is 3. The highest BCUT2D eigenvalue weighted by Crippen LogP contribution is 2.41. The summed E-state index contributed by atoms with van der Waals surface area (Å²) in [5, 5.41) is 13.9. The van der Waals surface area contributed by atoms with E-state index in [9.17, 15) is 0 Å². The highest BCUT2D eigenvalue weighted by Gasteiger charge is 2.19. The highest BCUT2D eigenvalue weighted by atomic mass is 35.5. The first-order chi connectivity index (χ1) is 13.2. The van der Waals surface area contributed by atoms with Crippen LogP contribution in [0.25, 0.3) is 0 Å². The Morgan fingerprint density at radius 3 is 2.96 bits per heavy atom. The minimum absolute atomic E-state index is 0.184. The Morgan fingerprint density at radius 1 is 1.30 bits per heavy atom. The summed E-state index contributed by atoms with van der Waals surface area (Å²) in [6.45, 7) is 0.184. The molecule has 0 spiro atoms. The number of methoxy groups -OCH3 is 1. The second-order valence-electron chi connectivity index (χ2n) is 5.57. The fourth-order valence-electron chi connectivity index (χ4n) is 2.48. The molecule has 0 unspecified atom stereocenters. The fourth-order valence-corrected chi connectivity index (χ4v) is 3.42. The van der Waals surface area contributed by atoms with Crippen LogP contribution < -0.4 is 14.2 Å². The van der Waals surface area contributed by atoms with Gasteiger partial charge in [-0.3, -0.25) is 0 Å². The Labute approximate surface area is 164 Å². The van der Waals surface area contributed by atoms with Crippen LogP contribution in [0.4, 0.5) is 0 Å². The van der Waals surface area contributed by atoms with Crippen LogP contribution >= 0.6 is 23.4 Å². The molecule has 1 aliphatic rings. The maximum Gasteiger partial charge on any atom is 0.231 e. The number of rotatable bonds is 6. The van der Waals surface area contributed by atoms with Gasteiger partial charge in [-0.2, -0.15) is 9.78 Å². The highest BCUT2D eigenvalue weighted by molar-refractivity contribution is 7.98. The predicted octanol–water partition coefficient (Wildman–Crippen LogP) is 3.84. The normalized spacial score (nSPS) is 12.7. The number of aromatic nitrogens is 3. The molecule has 0 N–H and O–H groups in total. The average molecular weight is 403 g/mol. The van der Waals surface area contributed by atoms with Crippen LogP contribution in [-0.2, 0) is 5.75 Å². The minimum atomic E-state index is 0.184. The van der Waals surface area contributed by atoms with Crippen LogP contribution in [0.2, 0.25) is 5.02 Å². The van der Waals surface area contributed by atoms with E-state index in [4.69, 9.17) is 25.8 Å². The molecule has 9 heteroatoms. The summed E-state index contributed by atoms with van der Waals surface area (Å²) in [5.41, 5.74) is 1.96. The van der Waals surface area contributed by atoms with Gasteiger partial charge in [-0.15, -0.1) is 10.2 Å². The molecule has 0 aliphatic carbocycles. The van der Waals surface area contributed by atoms with Crippen molar-refractivity contribution in [1.29, 1.82) is 0 Å². The first kappa shape index (κ1) is 17.7. The molecular weight excluding hydrogens is 388 g/mol. The molecule has 1 aromatic heterocycles. The second-order valence-corrected chi connectivity index (χ2v) is 6.95. The summed E-state index contributed by atoms with van der Waals surface area (Å²) in [5.74, 6) is 2.59. The fraction of sp³-hybridized carbons (Fsp3) is 0.167.